The van der Waals surface area contributed by atoms with Gasteiger partial charge < -0.3 is 27.2 Å². The number of carbonyl (C=O) groups is 1. The topological polar surface area (TPSA) is 201 Å². The Kier molecular flexibility index (Phi) is 17.2. The molecule has 2 fully saturated rings. The molecular weight excluding hydrogens is 915 g/mol. The first kappa shape index (κ1) is 51.8. The maximum absolute atomic E-state index is 13.7. The van der Waals surface area contributed by atoms with E-state index in [1.165, 1.54) is 0 Å². The number of nitrogens with zero attached hydrogens (tertiary/aromatic N) is 8. The van der Waals surface area contributed by atoms with Crippen LogP contribution < -0.4 is 22.1 Å². The molecule has 8 rings (SSSR count). The summed E-state index contributed by atoms with van der Waals surface area (Å²) in [4.78, 5) is 28.3. The zero-order valence-corrected chi connectivity index (χ0v) is 39.2. The Balaban J connectivity index is 0.000000206. The molecule has 2 aromatic carbocycles. The Morgan fingerprint density at radius 1 is 0.671 bits per heavy atom. The number of amides is 1. The van der Waals surface area contributed by atoms with Crippen LogP contribution in [0.5, 0.6) is 0 Å². The third kappa shape index (κ3) is 13.6. The van der Waals surface area contributed by atoms with Gasteiger partial charge in [-0.25, -0.2) is 19.9 Å². The van der Waals surface area contributed by atoms with Gasteiger partial charge in [-0.1, -0.05) is 55.5 Å². The lowest BCUT2D eigenvalue weighted by atomic mass is 9.91. The van der Waals surface area contributed by atoms with Crippen LogP contribution in [0.1, 0.15) is 131 Å². The van der Waals surface area contributed by atoms with E-state index < -0.39 is 41.5 Å². The maximum atomic E-state index is 13.7. The second-order valence-electron chi connectivity index (χ2n) is 18.1. The quantitative estimate of drug-likeness (QED) is 0.0497. The molecule has 20 heteroatoms. The number of nitrogens with one attached hydrogen (secondary N) is 2. The SMILES string of the molecule is C[C@H](C(N)=O)c1ccccc1CCc1nc(Cc2cnn(C3CCNCC3)c2)ncc1C(F)(F)F.C[C@H](c1ccccc1CCc1nc(Cc2cnn(C3CCNCC3)c2)ncc1C(F)(F)F)C(N)O. The fraction of sp³-hybridized carbons (Fsp3) is 0.460. The van der Waals surface area contributed by atoms with Crippen LogP contribution >= 0.6 is 0 Å². The first-order chi connectivity index (χ1) is 33.4. The molecule has 0 aliphatic carbocycles. The smallest absolute Gasteiger partial charge is 0.378 e. The fourth-order valence-electron chi connectivity index (χ4n) is 9.02. The number of rotatable bonds is 16. The second-order valence-corrected chi connectivity index (χ2v) is 18.1. The number of nitrogens with two attached hydrogens (primary N) is 2. The van der Waals surface area contributed by atoms with E-state index in [1.54, 1.807) is 50.5 Å². The summed E-state index contributed by atoms with van der Waals surface area (Å²) in [7, 11) is 0. The molecule has 0 bridgehead atoms. The minimum Gasteiger partial charge on any atom is -0.378 e. The van der Waals surface area contributed by atoms with Crippen LogP contribution in [-0.2, 0) is 55.7 Å². The monoisotopic (exact) mass is 974 g/mol. The van der Waals surface area contributed by atoms with Gasteiger partial charge in [0.25, 0.3) is 0 Å². The Morgan fingerprint density at radius 2 is 1.09 bits per heavy atom. The van der Waals surface area contributed by atoms with Gasteiger partial charge in [0.1, 0.15) is 17.9 Å². The van der Waals surface area contributed by atoms with Gasteiger partial charge in [-0.05, 0) is 118 Å². The van der Waals surface area contributed by atoms with Gasteiger partial charge in [0.05, 0.1) is 52.9 Å². The molecule has 70 heavy (non-hydrogen) atoms. The molecule has 0 saturated carbocycles. The van der Waals surface area contributed by atoms with E-state index in [4.69, 9.17) is 11.5 Å². The van der Waals surface area contributed by atoms with E-state index in [1.807, 2.05) is 46.0 Å². The average molecular weight is 975 g/mol. The van der Waals surface area contributed by atoms with Gasteiger partial charge in [-0.15, -0.1) is 0 Å². The number of aromatic nitrogens is 8. The van der Waals surface area contributed by atoms with Crippen LogP contribution in [0.2, 0.25) is 0 Å². The zero-order valence-electron chi connectivity index (χ0n) is 39.2. The van der Waals surface area contributed by atoms with Gasteiger partial charge >= 0.3 is 12.4 Å². The molecular formula is C50H60F6N12O2. The minimum atomic E-state index is -4.56. The van der Waals surface area contributed by atoms with Crippen LogP contribution in [0.3, 0.4) is 0 Å². The number of aliphatic hydroxyl groups excluding tert-OH is 1. The average Bonchev–Trinajstić information content (AvgIpc) is 4.02. The maximum Gasteiger partial charge on any atom is 0.419 e. The lowest BCUT2D eigenvalue weighted by molar-refractivity contribution is -0.139. The molecule has 2 saturated heterocycles. The molecule has 14 nitrogen and oxygen atoms in total. The van der Waals surface area contributed by atoms with Crippen molar-refractivity contribution in [2.75, 3.05) is 26.2 Å². The molecule has 6 aromatic rings. The fourth-order valence-corrected chi connectivity index (χ4v) is 9.02. The van der Waals surface area contributed by atoms with Crippen molar-refractivity contribution in [1.29, 1.82) is 0 Å². The van der Waals surface area contributed by atoms with Crippen molar-refractivity contribution in [3.8, 4) is 0 Å². The Bertz CT molecular complexity index is 2650. The van der Waals surface area contributed by atoms with Crippen molar-refractivity contribution in [1.82, 2.24) is 50.1 Å². The number of aryl methyl sites for hydroxylation is 4. The molecule has 6 heterocycles. The normalized spacial score (nSPS) is 16.3. The molecule has 3 atom stereocenters. The highest BCUT2D eigenvalue weighted by molar-refractivity contribution is 5.81. The lowest BCUT2D eigenvalue weighted by Gasteiger charge is -2.22. The summed E-state index contributed by atoms with van der Waals surface area (Å²) in [5, 5.41) is 25.3. The van der Waals surface area contributed by atoms with E-state index in [0.29, 0.717) is 55.0 Å². The van der Waals surface area contributed by atoms with E-state index >= 15 is 0 Å². The minimum absolute atomic E-state index is 0.0380. The van der Waals surface area contributed by atoms with Crippen molar-refractivity contribution in [2.24, 2.45) is 11.5 Å². The molecule has 2 aliphatic heterocycles. The van der Waals surface area contributed by atoms with Crippen LogP contribution in [-0.4, -0.2) is 82.9 Å². The summed E-state index contributed by atoms with van der Waals surface area (Å²) in [5.41, 5.74) is 14.2. The van der Waals surface area contributed by atoms with E-state index in [9.17, 15) is 36.2 Å². The third-order valence-corrected chi connectivity index (χ3v) is 13.1. The summed E-state index contributed by atoms with van der Waals surface area (Å²) in [6.07, 6.45) is 4.23. The molecule has 1 unspecified atom stereocenters. The van der Waals surface area contributed by atoms with Gasteiger partial charge in [0.15, 0.2) is 0 Å². The zero-order chi connectivity index (χ0) is 50.0. The van der Waals surface area contributed by atoms with Crippen molar-refractivity contribution in [3.63, 3.8) is 0 Å². The van der Waals surface area contributed by atoms with Gasteiger partial charge in [-0.2, -0.15) is 36.5 Å². The lowest BCUT2D eigenvalue weighted by Crippen LogP contribution is -2.29. The van der Waals surface area contributed by atoms with Crippen LogP contribution in [0, 0.1) is 0 Å². The number of piperidine rings is 2. The largest absolute Gasteiger partial charge is 0.419 e. The first-order valence-electron chi connectivity index (χ1n) is 23.6. The number of benzene rings is 2. The number of alkyl halides is 6. The van der Waals surface area contributed by atoms with Crippen molar-refractivity contribution in [3.05, 3.63) is 153 Å². The van der Waals surface area contributed by atoms with E-state index in [-0.39, 0.29) is 30.1 Å². The summed E-state index contributed by atoms with van der Waals surface area (Å²) in [5.74, 6) is -0.715. The van der Waals surface area contributed by atoms with Crippen LogP contribution in [0.15, 0.2) is 85.7 Å². The third-order valence-electron chi connectivity index (χ3n) is 13.1. The highest BCUT2D eigenvalue weighted by Crippen LogP contribution is 2.34. The van der Waals surface area contributed by atoms with Gasteiger partial charge in [-0.3, -0.25) is 14.2 Å². The summed E-state index contributed by atoms with van der Waals surface area (Å²) in [6.45, 7) is 7.24. The standard InChI is InChI=1S/C25H31F3N6O.C25H29F3N6O/c2*1-16(24(29)35)20-5-3-2-4-18(20)6-7-22-21(25(26,27)28)14-31-23(33-22)12-17-13-32-34(15-17)19-8-10-30-11-9-19/h2-5,13-16,19,24,30,35H,6-12,29H2,1H3;2-5,13-16,19,30H,6-12H2,1H3,(H2,29,35)/t16-,24?;16-/m10/s1. The summed E-state index contributed by atoms with van der Waals surface area (Å²) >= 11 is 0. The van der Waals surface area contributed by atoms with E-state index in [0.717, 1.165) is 92.1 Å². The second kappa shape index (κ2) is 23.2. The Morgan fingerprint density at radius 3 is 1.50 bits per heavy atom. The Hall–Kier alpha value is -6.09. The molecule has 2 aliphatic rings. The molecule has 1 amide bonds. The number of primary amides is 1. The number of halogens is 6. The Labute approximate surface area is 402 Å². The first-order valence-corrected chi connectivity index (χ1v) is 23.6. The highest BCUT2D eigenvalue weighted by atomic mass is 19.4. The van der Waals surface area contributed by atoms with Gasteiger partial charge in [0.2, 0.25) is 5.91 Å². The molecule has 374 valence electrons. The van der Waals surface area contributed by atoms with Crippen LogP contribution in [0.25, 0.3) is 0 Å². The van der Waals surface area contributed by atoms with Crippen LogP contribution in [0.4, 0.5) is 26.3 Å². The number of aliphatic hydroxyl groups is 1. The molecule has 4 aromatic heterocycles. The predicted octanol–water partition coefficient (Wildman–Crippen LogP) is 6.95. The van der Waals surface area contributed by atoms with Crippen molar-refractivity contribution >= 4 is 5.91 Å². The van der Waals surface area contributed by atoms with Gasteiger partial charge in [0, 0.05) is 43.5 Å². The molecule has 0 spiro atoms. The van der Waals surface area contributed by atoms with Crippen molar-refractivity contribution < 1.29 is 36.2 Å². The van der Waals surface area contributed by atoms with Crippen molar-refractivity contribution in [2.45, 2.75) is 121 Å². The number of hydrogen-bond acceptors (Lipinski definition) is 11. The highest BCUT2D eigenvalue weighted by Gasteiger charge is 2.36. The summed E-state index contributed by atoms with van der Waals surface area (Å²) < 4.78 is 86.1. The van der Waals surface area contributed by atoms with E-state index in [2.05, 4.69) is 40.8 Å². The summed E-state index contributed by atoms with van der Waals surface area (Å²) in [6, 6.07) is 15.1. The number of carbonyl (C=O) groups excluding carboxylic acids is 1. The molecule has 0 radical (unpaired) electrons. The molecule has 7 N–H and O–H groups in total. The predicted molar refractivity (Wildman–Crippen MR) is 250 cm³/mol. The number of hydrogen-bond donors (Lipinski definition) is 5.